The first-order valence-corrected chi connectivity index (χ1v) is 5.86. The van der Waals surface area contributed by atoms with Gasteiger partial charge < -0.3 is 24.0 Å². The van der Waals surface area contributed by atoms with Crippen molar-refractivity contribution in [3.05, 3.63) is 35.9 Å². The predicted molar refractivity (Wildman–Crippen MR) is 59.6 cm³/mol. The molecule has 0 aliphatic rings. The minimum atomic E-state index is 0. The van der Waals surface area contributed by atoms with Gasteiger partial charge in [-0.05, 0) is 34.9 Å². The van der Waals surface area contributed by atoms with E-state index in [-0.39, 0.29) is 24.0 Å². The van der Waals surface area contributed by atoms with E-state index in [9.17, 15) is 0 Å². The van der Waals surface area contributed by atoms with Crippen LogP contribution in [0.2, 0.25) is 0 Å². The van der Waals surface area contributed by atoms with Crippen LogP contribution >= 0.6 is 8.58 Å². The van der Waals surface area contributed by atoms with E-state index in [2.05, 4.69) is 51.1 Å². The van der Waals surface area contributed by atoms with E-state index in [0.29, 0.717) is 13.7 Å². The zero-order valence-corrected chi connectivity index (χ0v) is 11.9. The van der Waals surface area contributed by atoms with Crippen LogP contribution in [0.1, 0.15) is 26.3 Å². The van der Waals surface area contributed by atoms with Gasteiger partial charge in [-0.1, -0.05) is 30.3 Å². The number of halogens is 1. The smallest absolute Gasteiger partial charge is 0.0802 e. The molecule has 0 aromatic heterocycles. The summed E-state index contributed by atoms with van der Waals surface area (Å²) in [5, 5.41) is 0.538. The SMILES string of the molecule is CC(C)(C)[PH2+]Cc1ccccc1.[I-]. The molecular formula is C11H18IP. The molecule has 1 unspecified atom stereocenters. The summed E-state index contributed by atoms with van der Waals surface area (Å²) in [5.74, 6) is 0. The van der Waals surface area contributed by atoms with Crippen LogP contribution in [0.4, 0.5) is 0 Å². The fraction of sp³-hybridized carbons (Fsp3) is 0.455. The zero-order valence-electron chi connectivity index (χ0n) is 8.55. The van der Waals surface area contributed by atoms with Gasteiger partial charge in [0.25, 0.3) is 0 Å². The van der Waals surface area contributed by atoms with Crippen LogP contribution in [0.3, 0.4) is 0 Å². The lowest BCUT2D eigenvalue weighted by molar-refractivity contribution is -0.00000282. The molecule has 0 bridgehead atoms. The molecule has 0 aliphatic carbocycles. The fourth-order valence-corrected chi connectivity index (χ4v) is 2.16. The highest BCUT2D eigenvalue weighted by Gasteiger charge is 2.15. The molecule has 74 valence electrons. The van der Waals surface area contributed by atoms with Gasteiger partial charge in [0.2, 0.25) is 0 Å². The Hall–Kier alpha value is 0.380. The van der Waals surface area contributed by atoms with Gasteiger partial charge in [0.05, 0.1) is 11.3 Å². The van der Waals surface area contributed by atoms with Gasteiger partial charge in [-0.25, -0.2) is 0 Å². The Balaban J connectivity index is 0.00000144. The van der Waals surface area contributed by atoms with E-state index in [0.717, 1.165) is 0 Å². The molecule has 2 heteroatoms. The summed E-state index contributed by atoms with van der Waals surface area (Å²) in [6, 6.07) is 10.8. The van der Waals surface area contributed by atoms with Crippen molar-refractivity contribution in [1.29, 1.82) is 0 Å². The molecular weight excluding hydrogens is 290 g/mol. The van der Waals surface area contributed by atoms with Crippen molar-refractivity contribution in [2.24, 2.45) is 0 Å². The molecule has 1 aromatic rings. The Labute approximate surface area is 100 Å². The van der Waals surface area contributed by atoms with Crippen LogP contribution < -0.4 is 24.0 Å². The van der Waals surface area contributed by atoms with E-state index < -0.39 is 0 Å². The number of hydrogen-bond acceptors (Lipinski definition) is 0. The second-order valence-corrected chi connectivity index (χ2v) is 6.81. The maximum absolute atomic E-state index is 2.32. The van der Waals surface area contributed by atoms with Crippen molar-refractivity contribution in [2.75, 3.05) is 0 Å². The highest BCUT2D eigenvalue weighted by Crippen LogP contribution is 2.33. The molecule has 0 spiro atoms. The summed E-state index contributed by atoms with van der Waals surface area (Å²) < 4.78 is 0. The van der Waals surface area contributed by atoms with Gasteiger partial charge in [-0.15, -0.1) is 0 Å². The average molecular weight is 308 g/mol. The quantitative estimate of drug-likeness (QED) is 0.548. The van der Waals surface area contributed by atoms with Gasteiger partial charge >= 0.3 is 0 Å². The summed E-state index contributed by atoms with van der Waals surface area (Å²) in [6.07, 6.45) is 1.28. The zero-order chi connectivity index (χ0) is 9.03. The highest BCUT2D eigenvalue weighted by atomic mass is 127. The molecule has 0 aliphatic heterocycles. The van der Waals surface area contributed by atoms with Crippen molar-refractivity contribution in [3.63, 3.8) is 0 Å². The molecule has 0 nitrogen and oxygen atoms in total. The van der Waals surface area contributed by atoms with Crippen molar-refractivity contribution in [1.82, 2.24) is 0 Å². The third-order valence-corrected chi connectivity index (χ3v) is 3.69. The maximum Gasteiger partial charge on any atom is 0.0802 e. The molecule has 0 saturated carbocycles. The molecule has 0 radical (unpaired) electrons. The van der Waals surface area contributed by atoms with Crippen LogP contribution in [0.15, 0.2) is 30.3 Å². The Bertz CT molecular complexity index is 226. The lowest BCUT2D eigenvalue weighted by Crippen LogP contribution is -3.00. The Morgan fingerprint density at radius 2 is 1.62 bits per heavy atom. The second-order valence-electron chi connectivity index (χ2n) is 4.26. The number of rotatable bonds is 2. The van der Waals surface area contributed by atoms with Crippen LogP contribution in [-0.4, -0.2) is 5.16 Å². The summed E-state index contributed by atoms with van der Waals surface area (Å²) >= 11 is 0. The summed E-state index contributed by atoms with van der Waals surface area (Å²) in [6.45, 7) is 6.97. The summed E-state index contributed by atoms with van der Waals surface area (Å²) in [7, 11) is 0.535. The minimum absolute atomic E-state index is 0. The van der Waals surface area contributed by atoms with Crippen molar-refractivity contribution < 1.29 is 24.0 Å². The molecule has 0 fully saturated rings. The lowest BCUT2D eigenvalue weighted by Gasteiger charge is -2.10. The Morgan fingerprint density at radius 1 is 1.08 bits per heavy atom. The first kappa shape index (κ1) is 13.4. The number of benzene rings is 1. The largest absolute Gasteiger partial charge is 1.00 e. The van der Waals surface area contributed by atoms with Crippen LogP contribution in [0, 0.1) is 0 Å². The summed E-state index contributed by atoms with van der Waals surface area (Å²) in [4.78, 5) is 0. The first-order valence-electron chi connectivity index (χ1n) is 4.46. The second kappa shape index (κ2) is 5.98. The Morgan fingerprint density at radius 3 is 2.08 bits per heavy atom. The van der Waals surface area contributed by atoms with Crippen LogP contribution in [-0.2, 0) is 6.16 Å². The normalized spacial score (nSPS) is 11.6. The van der Waals surface area contributed by atoms with E-state index >= 15 is 0 Å². The van der Waals surface area contributed by atoms with E-state index in [1.165, 1.54) is 11.7 Å². The predicted octanol–water partition coefficient (Wildman–Crippen LogP) is 0.400. The van der Waals surface area contributed by atoms with Gasteiger partial charge in [0.1, 0.15) is 0 Å². The molecule has 0 amide bonds. The van der Waals surface area contributed by atoms with E-state index in [4.69, 9.17) is 0 Å². The topological polar surface area (TPSA) is 0 Å². The third-order valence-electron chi connectivity index (χ3n) is 1.79. The monoisotopic (exact) mass is 308 g/mol. The molecule has 0 heterocycles. The molecule has 13 heavy (non-hydrogen) atoms. The molecule has 1 rings (SSSR count). The molecule has 1 atom stereocenters. The van der Waals surface area contributed by atoms with Gasteiger partial charge in [-0.2, -0.15) is 0 Å². The van der Waals surface area contributed by atoms with Crippen molar-refractivity contribution in [2.45, 2.75) is 32.1 Å². The first-order chi connectivity index (χ1) is 5.58. The lowest BCUT2D eigenvalue weighted by atomic mass is 10.2. The standard InChI is InChI=1S/C11H17P.HI/c1-11(2,3)12-9-10-7-5-4-6-8-10;/h4-8,12H,9H2,1-3H3;1H. The van der Waals surface area contributed by atoms with Crippen molar-refractivity contribution in [3.8, 4) is 0 Å². The minimum Gasteiger partial charge on any atom is -1.00 e. The highest BCUT2D eigenvalue weighted by molar-refractivity contribution is 7.39. The van der Waals surface area contributed by atoms with Gasteiger partial charge in [0.15, 0.2) is 0 Å². The number of hydrogen-bond donors (Lipinski definition) is 0. The molecule has 1 aromatic carbocycles. The fourth-order valence-electron chi connectivity index (χ4n) is 1.04. The maximum atomic E-state index is 2.32. The van der Waals surface area contributed by atoms with Gasteiger partial charge in [-0.3, -0.25) is 0 Å². The summed E-state index contributed by atoms with van der Waals surface area (Å²) in [5.41, 5.74) is 1.49. The molecule has 0 N–H and O–H groups in total. The average Bonchev–Trinajstić information content (AvgIpc) is 2.02. The van der Waals surface area contributed by atoms with E-state index in [1.807, 2.05) is 0 Å². The van der Waals surface area contributed by atoms with Crippen LogP contribution in [0.25, 0.3) is 0 Å². The Kier molecular flexibility index (Phi) is 6.15. The van der Waals surface area contributed by atoms with E-state index in [1.54, 1.807) is 0 Å². The molecule has 0 saturated heterocycles. The third kappa shape index (κ3) is 6.45. The van der Waals surface area contributed by atoms with Crippen LogP contribution in [0.5, 0.6) is 0 Å². The van der Waals surface area contributed by atoms with Crippen molar-refractivity contribution >= 4 is 8.58 Å². The van der Waals surface area contributed by atoms with Gasteiger partial charge in [0, 0.05) is 0 Å².